The van der Waals surface area contributed by atoms with Gasteiger partial charge in [-0.15, -0.1) is 0 Å². The van der Waals surface area contributed by atoms with Gasteiger partial charge in [0.2, 0.25) is 5.76 Å². The molecule has 2 heterocycles. The Morgan fingerprint density at radius 3 is 2.27 bits per heavy atom. The van der Waals surface area contributed by atoms with Gasteiger partial charge < -0.3 is 18.6 Å². The van der Waals surface area contributed by atoms with Crippen LogP contribution in [0.5, 0.6) is 11.5 Å². The Hall–Kier alpha value is -4.59. The molecule has 0 bridgehead atoms. The van der Waals surface area contributed by atoms with Gasteiger partial charge in [0.05, 0.1) is 42.4 Å². The highest BCUT2D eigenvalue weighted by Gasteiger charge is 2.44. The first-order valence-corrected chi connectivity index (χ1v) is 15.9. The fourth-order valence-corrected chi connectivity index (χ4v) is 5.58. The van der Waals surface area contributed by atoms with Crippen molar-refractivity contribution in [1.82, 2.24) is 0 Å². The van der Waals surface area contributed by atoms with E-state index in [1.807, 2.05) is 52.0 Å². The van der Waals surface area contributed by atoms with E-state index in [1.165, 1.54) is 0 Å². The van der Waals surface area contributed by atoms with Gasteiger partial charge in [-0.1, -0.05) is 39.2 Å². The molecule has 1 unspecified atom stereocenters. The minimum absolute atomic E-state index is 0.00153. The SMILES string of the molecule is CCCCCOc1ccc(C2c3c(oc4cc(C)c(C)cc4c3=O)C(=O)N2c2ccc(C(=O)OCCCC)cc2)cc1OCC. The summed E-state index contributed by atoms with van der Waals surface area (Å²) in [6, 6.07) is 15.0. The van der Waals surface area contributed by atoms with Crippen LogP contribution in [0.3, 0.4) is 0 Å². The molecular formula is C37H41NO7. The molecular weight excluding hydrogens is 570 g/mol. The summed E-state index contributed by atoms with van der Waals surface area (Å²) >= 11 is 0. The molecule has 4 aromatic rings. The second kappa shape index (κ2) is 14.0. The van der Waals surface area contributed by atoms with Crippen LogP contribution in [-0.4, -0.2) is 31.7 Å². The molecule has 1 aromatic heterocycles. The Kier molecular flexibility index (Phi) is 9.91. The average Bonchev–Trinajstić information content (AvgIpc) is 3.33. The number of nitrogens with zero attached hydrogens (tertiary/aromatic N) is 1. The summed E-state index contributed by atoms with van der Waals surface area (Å²) in [6.07, 6.45) is 4.78. The quantitative estimate of drug-likeness (QED) is 0.111. The van der Waals surface area contributed by atoms with Crippen molar-refractivity contribution in [3.05, 3.63) is 98.4 Å². The van der Waals surface area contributed by atoms with Crippen LogP contribution in [0.15, 0.2) is 63.8 Å². The number of unbranched alkanes of at least 4 members (excludes halogenated alkanes) is 3. The van der Waals surface area contributed by atoms with Gasteiger partial charge in [0.25, 0.3) is 5.91 Å². The third-order valence-electron chi connectivity index (χ3n) is 8.19. The maximum atomic E-state index is 14.2. The summed E-state index contributed by atoms with van der Waals surface area (Å²) < 4.78 is 23.6. The van der Waals surface area contributed by atoms with Crippen LogP contribution in [0, 0.1) is 13.8 Å². The van der Waals surface area contributed by atoms with Gasteiger partial charge in [-0.25, -0.2) is 4.79 Å². The molecule has 0 aliphatic carbocycles. The lowest BCUT2D eigenvalue weighted by Crippen LogP contribution is -2.29. The maximum absolute atomic E-state index is 14.2. The van der Waals surface area contributed by atoms with Crippen molar-refractivity contribution < 1.29 is 28.2 Å². The van der Waals surface area contributed by atoms with Crippen LogP contribution in [0.4, 0.5) is 5.69 Å². The molecule has 0 saturated carbocycles. The first-order chi connectivity index (χ1) is 21.8. The van der Waals surface area contributed by atoms with Crippen molar-refractivity contribution in [2.24, 2.45) is 0 Å². The maximum Gasteiger partial charge on any atom is 0.338 e. The molecule has 1 aliphatic heterocycles. The fraction of sp³-hybridized carbons (Fsp3) is 0.378. The van der Waals surface area contributed by atoms with Crippen LogP contribution in [0.1, 0.15) is 102 Å². The molecule has 0 fully saturated rings. The number of ether oxygens (including phenoxy) is 3. The summed E-state index contributed by atoms with van der Waals surface area (Å²) in [5.41, 5.74) is 3.84. The van der Waals surface area contributed by atoms with E-state index < -0.39 is 17.9 Å². The van der Waals surface area contributed by atoms with Gasteiger partial charge >= 0.3 is 5.97 Å². The number of hydrogen-bond donors (Lipinski definition) is 0. The molecule has 0 N–H and O–H groups in total. The Bertz CT molecular complexity index is 1760. The molecule has 0 radical (unpaired) electrons. The lowest BCUT2D eigenvalue weighted by molar-refractivity contribution is 0.0499. The molecule has 8 heteroatoms. The average molecular weight is 612 g/mol. The van der Waals surface area contributed by atoms with Crippen molar-refractivity contribution in [3.8, 4) is 11.5 Å². The van der Waals surface area contributed by atoms with E-state index in [9.17, 15) is 14.4 Å². The molecule has 1 aliphatic rings. The van der Waals surface area contributed by atoms with Crippen molar-refractivity contribution in [2.75, 3.05) is 24.7 Å². The number of amides is 1. The molecule has 3 aromatic carbocycles. The smallest absolute Gasteiger partial charge is 0.338 e. The van der Waals surface area contributed by atoms with E-state index in [4.69, 9.17) is 18.6 Å². The third kappa shape index (κ3) is 6.46. The van der Waals surface area contributed by atoms with Crippen LogP contribution < -0.4 is 19.8 Å². The number of anilines is 1. The van der Waals surface area contributed by atoms with E-state index in [1.54, 1.807) is 35.2 Å². The second-order valence-corrected chi connectivity index (χ2v) is 11.4. The predicted octanol–water partition coefficient (Wildman–Crippen LogP) is 8.08. The Balaban J connectivity index is 1.62. The van der Waals surface area contributed by atoms with Gasteiger partial charge in [0, 0.05) is 5.69 Å². The van der Waals surface area contributed by atoms with Crippen LogP contribution >= 0.6 is 0 Å². The highest BCUT2D eigenvalue weighted by Crippen LogP contribution is 2.43. The third-order valence-corrected chi connectivity index (χ3v) is 8.19. The van der Waals surface area contributed by atoms with E-state index in [-0.39, 0.29) is 16.8 Å². The van der Waals surface area contributed by atoms with Gasteiger partial charge in [-0.05, 0) is 98.8 Å². The lowest BCUT2D eigenvalue weighted by atomic mass is 9.96. The first kappa shape index (κ1) is 31.8. The van der Waals surface area contributed by atoms with Crippen molar-refractivity contribution in [2.45, 2.75) is 72.8 Å². The number of rotatable bonds is 13. The fourth-order valence-electron chi connectivity index (χ4n) is 5.58. The molecule has 8 nitrogen and oxygen atoms in total. The van der Waals surface area contributed by atoms with E-state index >= 15 is 0 Å². The van der Waals surface area contributed by atoms with Crippen molar-refractivity contribution >= 4 is 28.5 Å². The number of aryl methyl sites for hydroxylation is 2. The van der Waals surface area contributed by atoms with E-state index in [0.717, 1.165) is 43.2 Å². The molecule has 0 spiro atoms. The van der Waals surface area contributed by atoms with Crippen LogP contribution in [0.25, 0.3) is 11.0 Å². The van der Waals surface area contributed by atoms with Gasteiger partial charge in [0.1, 0.15) is 5.58 Å². The van der Waals surface area contributed by atoms with E-state index in [0.29, 0.717) is 59.1 Å². The minimum Gasteiger partial charge on any atom is -0.490 e. The topological polar surface area (TPSA) is 95.3 Å². The zero-order valence-electron chi connectivity index (χ0n) is 26.7. The Labute approximate surface area is 263 Å². The summed E-state index contributed by atoms with van der Waals surface area (Å²) in [6.45, 7) is 11.3. The molecule has 5 rings (SSSR count). The summed E-state index contributed by atoms with van der Waals surface area (Å²) in [5.74, 6) is 0.279. The highest BCUT2D eigenvalue weighted by atomic mass is 16.5. The number of carbonyl (C=O) groups excluding carboxylic acids is 2. The first-order valence-electron chi connectivity index (χ1n) is 15.9. The van der Waals surface area contributed by atoms with Gasteiger partial charge in [-0.3, -0.25) is 14.5 Å². The molecule has 1 atom stereocenters. The standard InChI is InChI=1S/C37H41NO7/c1-6-9-11-19-43-29-17-14-26(22-31(29)42-8-3)33-32-34(39)28-20-23(4)24(5)21-30(28)45-35(32)36(40)38(33)27-15-12-25(13-16-27)37(41)44-18-10-7-2/h12-17,20-22,33H,6-11,18-19H2,1-5H3. The number of hydrogen-bond acceptors (Lipinski definition) is 7. The zero-order valence-corrected chi connectivity index (χ0v) is 26.7. The summed E-state index contributed by atoms with van der Waals surface area (Å²) in [7, 11) is 0. The largest absolute Gasteiger partial charge is 0.490 e. The predicted molar refractivity (Wildman–Crippen MR) is 175 cm³/mol. The monoisotopic (exact) mass is 611 g/mol. The Morgan fingerprint density at radius 2 is 1.56 bits per heavy atom. The summed E-state index contributed by atoms with van der Waals surface area (Å²) in [5, 5.41) is 0.419. The zero-order chi connectivity index (χ0) is 32.1. The van der Waals surface area contributed by atoms with Crippen molar-refractivity contribution in [3.63, 3.8) is 0 Å². The molecule has 45 heavy (non-hydrogen) atoms. The number of benzene rings is 3. The number of fused-ring (bicyclic) bond motifs is 2. The van der Waals surface area contributed by atoms with Gasteiger partial charge in [0.15, 0.2) is 16.9 Å². The Morgan fingerprint density at radius 1 is 0.822 bits per heavy atom. The van der Waals surface area contributed by atoms with Crippen LogP contribution in [-0.2, 0) is 4.74 Å². The summed E-state index contributed by atoms with van der Waals surface area (Å²) in [4.78, 5) is 42.5. The number of esters is 1. The van der Waals surface area contributed by atoms with E-state index in [2.05, 4.69) is 6.92 Å². The normalized spacial score (nSPS) is 14.1. The minimum atomic E-state index is -0.800. The van der Waals surface area contributed by atoms with Crippen LogP contribution in [0.2, 0.25) is 0 Å². The number of carbonyl (C=O) groups is 2. The lowest BCUT2D eigenvalue weighted by Gasteiger charge is -2.26. The second-order valence-electron chi connectivity index (χ2n) is 11.4. The highest BCUT2D eigenvalue weighted by molar-refractivity contribution is 6.11. The van der Waals surface area contributed by atoms with Crippen molar-refractivity contribution in [1.29, 1.82) is 0 Å². The molecule has 0 saturated heterocycles. The molecule has 236 valence electrons. The molecule has 1 amide bonds. The van der Waals surface area contributed by atoms with Gasteiger partial charge in [-0.2, -0.15) is 0 Å².